The number of amides is 2. The van der Waals surface area contributed by atoms with Crippen LogP contribution in [0.25, 0.3) is 0 Å². The molecule has 0 heterocycles. The fraction of sp³-hybridized carbons (Fsp3) is 0.591. The van der Waals surface area contributed by atoms with Gasteiger partial charge in [-0.1, -0.05) is 42.7 Å². The van der Waals surface area contributed by atoms with Gasteiger partial charge in [0.2, 0.25) is 11.8 Å². The zero-order chi connectivity index (χ0) is 21.2. The molecule has 7 nitrogen and oxygen atoms in total. The molecule has 1 atom stereocenters. The third kappa shape index (κ3) is 7.16. The Bertz CT molecular complexity index is 683. The summed E-state index contributed by atoms with van der Waals surface area (Å²) in [5.41, 5.74) is 1.81. The Morgan fingerprint density at radius 2 is 1.83 bits per heavy atom. The third-order valence-electron chi connectivity index (χ3n) is 5.29. The monoisotopic (exact) mass is 404 g/mol. The maximum Gasteiger partial charge on any atom is 0.303 e. The van der Waals surface area contributed by atoms with Crippen molar-refractivity contribution in [2.24, 2.45) is 0 Å². The maximum atomic E-state index is 13.2. The van der Waals surface area contributed by atoms with E-state index >= 15 is 0 Å². The molecule has 1 fully saturated rings. The van der Waals surface area contributed by atoms with Gasteiger partial charge in [-0.3, -0.25) is 14.4 Å². The van der Waals surface area contributed by atoms with Crippen molar-refractivity contribution in [1.82, 2.24) is 10.2 Å². The van der Waals surface area contributed by atoms with Crippen LogP contribution in [-0.2, 0) is 19.1 Å². The van der Waals surface area contributed by atoms with Crippen molar-refractivity contribution in [3.8, 4) is 0 Å². The summed E-state index contributed by atoms with van der Waals surface area (Å²) in [4.78, 5) is 38.5. The first-order valence-corrected chi connectivity index (χ1v) is 10.3. The summed E-state index contributed by atoms with van der Waals surface area (Å²) in [6.07, 6.45) is 4.35. The predicted octanol–water partition coefficient (Wildman–Crippen LogP) is 2.82. The molecule has 0 radical (unpaired) electrons. The lowest BCUT2D eigenvalue weighted by atomic mass is 10.0. The molecule has 1 unspecified atom stereocenters. The minimum atomic E-state index is -0.935. The number of methoxy groups -OCH3 is 1. The number of hydrogen-bond acceptors (Lipinski definition) is 4. The van der Waals surface area contributed by atoms with Crippen molar-refractivity contribution in [3.63, 3.8) is 0 Å². The van der Waals surface area contributed by atoms with Crippen molar-refractivity contribution in [1.29, 1.82) is 0 Å². The molecule has 29 heavy (non-hydrogen) atoms. The van der Waals surface area contributed by atoms with E-state index in [1.54, 1.807) is 7.11 Å². The van der Waals surface area contributed by atoms with Gasteiger partial charge in [-0.15, -0.1) is 0 Å². The summed E-state index contributed by atoms with van der Waals surface area (Å²) < 4.78 is 5.16. The normalized spacial score (nSPS) is 15.1. The molecule has 7 heteroatoms. The van der Waals surface area contributed by atoms with Gasteiger partial charge in [-0.05, 0) is 31.7 Å². The summed E-state index contributed by atoms with van der Waals surface area (Å²) in [6.45, 7) is 2.53. The second kappa shape index (κ2) is 11.6. The van der Waals surface area contributed by atoms with Crippen LogP contribution in [0.15, 0.2) is 24.3 Å². The average molecular weight is 405 g/mol. The minimum absolute atomic E-state index is 0.0761. The largest absolute Gasteiger partial charge is 0.481 e. The van der Waals surface area contributed by atoms with Gasteiger partial charge in [0.1, 0.15) is 6.04 Å². The third-order valence-corrected chi connectivity index (χ3v) is 5.29. The molecule has 0 aliphatic heterocycles. The molecule has 0 saturated heterocycles. The molecule has 160 valence electrons. The first-order chi connectivity index (χ1) is 13.9. The lowest BCUT2D eigenvalue weighted by Gasteiger charge is -2.32. The van der Waals surface area contributed by atoms with Crippen LogP contribution in [0.5, 0.6) is 0 Å². The molecule has 2 N–H and O–H groups in total. The first-order valence-electron chi connectivity index (χ1n) is 10.3. The number of carboxylic acids is 1. The minimum Gasteiger partial charge on any atom is -0.481 e. The van der Waals surface area contributed by atoms with Gasteiger partial charge in [0.15, 0.2) is 0 Å². The van der Waals surface area contributed by atoms with E-state index in [1.807, 2.05) is 31.2 Å². The molecule has 0 spiro atoms. The van der Waals surface area contributed by atoms with Crippen LogP contribution in [0.3, 0.4) is 0 Å². The molecule has 0 bridgehead atoms. The highest BCUT2D eigenvalue weighted by molar-refractivity contribution is 5.89. The highest BCUT2D eigenvalue weighted by Gasteiger charge is 2.32. The van der Waals surface area contributed by atoms with Gasteiger partial charge in [-0.2, -0.15) is 0 Å². The fourth-order valence-electron chi connectivity index (χ4n) is 3.69. The fourth-order valence-corrected chi connectivity index (χ4v) is 3.69. The van der Waals surface area contributed by atoms with Gasteiger partial charge in [0.25, 0.3) is 0 Å². The Labute approximate surface area is 172 Å². The summed E-state index contributed by atoms with van der Waals surface area (Å²) in [7, 11) is 1.55. The number of aliphatic carboxylic acids is 1. The number of ether oxygens (including phenoxy) is 1. The predicted molar refractivity (Wildman–Crippen MR) is 109 cm³/mol. The lowest BCUT2D eigenvalue weighted by Crippen LogP contribution is -2.47. The van der Waals surface area contributed by atoms with E-state index < -0.39 is 12.0 Å². The molecule has 0 aromatic heterocycles. The number of hydrogen-bond donors (Lipinski definition) is 2. The number of carboxylic acid groups (broad SMARTS) is 1. The standard InChI is InChI=1S/C22H32N2O5/c1-16-10-12-17(13-11-16)21(22(28)23-18-6-3-4-7-18)24(14-15-29-2)19(25)8-5-9-20(26)27/h10-13,18,21H,3-9,14-15H2,1-2H3,(H,23,28)(H,26,27). The van der Waals surface area contributed by atoms with E-state index in [4.69, 9.17) is 9.84 Å². The SMILES string of the molecule is COCCN(C(=O)CCCC(=O)O)C(C(=O)NC1CCCC1)c1ccc(C)cc1. The van der Waals surface area contributed by atoms with E-state index in [0.717, 1.165) is 36.8 Å². The maximum absolute atomic E-state index is 13.2. The number of carbonyl (C=O) groups excluding carboxylic acids is 2. The first kappa shape index (κ1) is 22.9. The Hall–Kier alpha value is -2.41. The Kier molecular flexibility index (Phi) is 9.12. The smallest absolute Gasteiger partial charge is 0.303 e. The summed E-state index contributed by atoms with van der Waals surface area (Å²) >= 11 is 0. The Morgan fingerprint density at radius 3 is 2.41 bits per heavy atom. The second-order valence-corrected chi connectivity index (χ2v) is 7.63. The van der Waals surface area contributed by atoms with Gasteiger partial charge >= 0.3 is 5.97 Å². The Balaban J connectivity index is 2.25. The molecule has 1 aromatic carbocycles. The van der Waals surface area contributed by atoms with Crippen molar-refractivity contribution in [2.75, 3.05) is 20.3 Å². The van der Waals surface area contributed by atoms with Crippen molar-refractivity contribution >= 4 is 17.8 Å². The highest BCUT2D eigenvalue weighted by atomic mass is 16.5. The van der Waals surface area contributed by atoms with Crippen LogP contribution in [0.2, 0.25) is 0 Å². The van der Waals surface area contributed by atoms with E-state index in [0.29, 0.717) is 6.61 Å². The second-order valence-electron chi connectivity index (χ2n) is 7.63. The zero-order valence-electron chi connectivity index (χ0n) is 17.4. The average Bonchev–Trinajstić information content (AvgIpc) is 3.18. The summed E-state index contributed by atoms with van der Waals surface area (Å²) in [6, 6.07) is 6.98. The van der Waals surface area contributed by atoms with E-state index in [9.17, 15) is 14.4 Å². The van der Waals surface area contributed by atoms with Crippen LogP contribution in [-0.4, -0.2) is 54.1 Å². The number of aryl methyl sites for hydroxylation is 1. The molecule has 1 aromatic rings. The molecule has 1 aliphatic carbocycles. The van der Waals surface area contributed by atoms with Gasteiger partial charge < -0.3 is 20.1 Å². The van der Waals surface area contributed by atoms with Crippen molar-refractivity contribution in [3.05, 3.63) is 35.4 Å². The molecular weight excluding hydrogens is 372 g/mol. The molecule has 1 aliphatic rings. The number of benzene rings is 1. The summed E-state index contributed by atoms with van der Waals surface area (Å²) in [5, 5.41) is 12.0. The van der Waals surface area contributed by atoms with Crippen LogP contribution in [0.1, 0.15) is 62.1 Å². The van der Waals surface area contributed by atoms with Crippen LogP contribution in [0.4, 0.5) is 0 Å². The topological polar surface area (TPSA) is 95.9 Å². The van der Waals surface area contributed by atoms with E-state index in [1.165, 1.54) is 4.90 Å². The molecule has 2 rings (SSSR count). The van der Waals surface area contributed by atoms with Crippen LogP contribution < -0.4 is 5.32 Å². The van der Waals surface area contributed by atoms with Gasteiger partial charge in [-0.25, -0.2) is 0 Å². The van der Waals surface area contributed by atoms with Crippen molar-refractivity contribution < 1.29 is 24.2 Å². The number of nitrogens with zero attached hydrogens (tertiary/aromatic N) is 1. The lowest BCUT2D eigenvalue weighted by molar-refractivity contribution is -0.142. The number of nitrogens with one attached hydrogen (secondary N) is 1. The van der Waals surface area contributed by atoms with Gasteiger partial charge in [0, 0.05) is 32.5 Å². The number of rotatable bonds is 11. The van der Waals surface area contributed by atoms with E-state index in [-0.39, 0.29) is 43.7 Å². The van der Waals surface area contributed by atoms with E-state index in [2.05, 4.69) is 5.32 Å². The van der Waals surface area contributed by atoms with Crippen LogP contribution >= 0.6 is 0 Å². The van der Waals surface area contributed by atoms with Gasteiger partial charge in [0.05, 0.1) is 6.61 Å². The molecule has 2 amide bonds. The number of carbonyl (C=O) groups is 3. The molecule has 1 saturated carbocycles. The quantitative estimate of drug-likeness (QED) is 0.591. The van der Waals surface area contributed by atoms with Crippen LogP contribution in [0, 0.1) is 6.92 Å². The summed E-state index contributed by atoms with van der Waals surface area (Å²) in [5.74, 6) is -1.37. The zero-order valence-corrected chi connectivity index (χ0v) is 17.4. The molecular formula is C22H32N2O5. The Morgan fingerprint density at radius 1 is 1.17 bits per heavy atom. The van der Waals surface area contributed by atoms with Crippen molar-refractivity contribution in [2.45, 2.75) is 64.0 Å². The highest BCUT2D eigenvalue weighted by Crippen LogP contribution is 2.25.